The fraction of sp³-hybridized carbons (Fsp3) is 0.182. The zero-order chi connectivity index (χ0) is 13.3. The number of nitrogens with one attached hydrogen (secondary N) is 2. The molecular formula is C11H11ClN2O3S. The quantitative estimate of drug-likeness (QED) is 0.854. The van der Waals surface area contributed by atoms with Gasteiger partial charge in [-0.25, -0.2) is 13.1 Å². The van der Waals surface area contributed by atoms with Crippen LogP contribution in [0.4, 0.5) is 0 Å². The number of halogens is 1. The lowest BCUT2D eigenvalue weighted by Crippen LogP contribution is -2.43. The summed E-state index contributed by atoms with van der Waals surface area (Å²) in [5, 5.41) is 3.09. The van der Waals surface area contributed by atoms with Crippen LogP contribution in [0.2, 0.25) is 5.02 Å². The minimum absolute atomic E-state index is 0.181. The first-order valence-electron chi connectivity index (χ1n) is 5.16. The number of benzene rings is 1. The summed E-state index contributed by atoms with van der Waals surface area (Å²) in [6.45, 7) is 1.54. The Kier molecular flexibility index (Phi) is 3.43. The van der Waals surface area contributed by atoms with Gasteiger partial charge < -0.3 is 5.32 Å². The van der Waals surface area contributed by atoms with Crippen LogP contribution in [0.3, 0.4) is 0 Å². The predicted octanol–water partition coefficient (Wildman–Crippen LogP) is 1.08. The highest BCUT2D eigenvalue weighted by molar-refractivity contribution is 7.95. The van der Waals surface area contributed by atoms with E-state index in [2.05, 4.69) is 10.0 Å². The number of rotatable bonds is 2. The number of hydrogen-bond donors (Lipinski definition) is 2. The summed E-state index contributed by atoms with van der Waals surface area (Å²) in [7, 11) is -3.44. The molecule has 18 heavy (non-hydrogen) atoms. The van der Waals surface area contributed by atoms with E-state index in [1.807, 2.05) is 0 Å². The van der Waals surface area contributed by atoms with Gasteiger partial charge in [-0.1, -0.05) is 23.7 Å². The van der Waals surface area contributed by atoms with Crippen LogP contribution >= 0.6 is 11.6 Å². The van der Waals surface area contributed by atoms with E-state index >= 15 is 0 Å². The molecule has 7 heteroatoms. The molecule has 2 N–H and O–H groups in total. The molecule has 1 saturated heterocycles. The third-order valence-electron chi connectivity index (χ3n) is 2.46. The maximum atomic E-state index is 11.5. The van der Waals surface area contributed by atoms with E-state index < -0.39 is 10.0 Å². The summed E-state index contributed by atoms with van der Waals surface area (Å²) in [5.41, 5.74) is 0.910. The first kappa shape index (κ1) is 13.1. The molecule has 0 unspecified atom stereocenters. The molecule has 0 spiro atoms. The van der Waals surface area contributed by atoms with Gasteiger partial charge >= 0.3 is 0 Å². The molecule has 0 atom stereocenters. The van der Waals surface area contributed by atoms with Gasteiger partial charge in [0.15, 0.2) is 0 Å². The molecule has 1 fully saturated rings. The van der Waals surface area contributed by atoms with Crippen LogP contribution in [0.1, 0.15) is 12.5 Å². The Labute approximate surface area is 110 Å². The summed E-state index contributed by atoms with van der Waals surface area (Å²) < 4.78 is 25.4. The minimum atomic E-state index is -3.44. The van der Waals surface area contributed by atoms with Gasteiger partial charge in [0.2, 0.25) is 15.9 Å². The average molecular weight is 287 g/mol. The van der Waals surface area contributed by atoms with Gasteiger partial charge in [-0.3, -0.25) is 4.79 Å². The Hall–Kier alpha value is -1.37. The third-order valence-corrected chi connectivity index (χ3v) is 4.23. The van der Waals surface area contributed by atoms with Crippen molar-refractivity contribution in [3.63, 3.8) is 0 Å². The fourth-order valence-corrected chi connectivity index (χ4v) is 2.67. The van der Waals surface area contributed by atoms with Crippen molar-refractivity contribution in [3.8, 4) is 0 Å². The van der Waals surface area contributed by atoms with E-state index in [9.17, 15) is 13.2 Å². The Morgan fingerprint density at radius 3 is 2.33 bits per heavy atom. The largest absolute Gasteiger partial charge is 0.325 e. The summed E-state index contributed by atoms with van der Waals surface area (Å²) in [6.07, 6.45) is 0. The second-order valence-corrected chi connectivity index (χ2v) is 6.04. The van der Waals surface area contributed by atoms with Crippen LogP contribution in [-0.4, -0.2) is 20.9 Å². The van der Waals surface area contributed by atoms with Crippen LogP contribution in [0.25, 0.3) is 5.70 Å². The van der Waals surface area contributed by atoms with Crippen LogP contribution in [0.15, 0.2) is 29.2 Å². The Morgan fingerprint density at radius 1 is 1.33 bits per heavy atom. The molecule has 0 aliphatic carbocycles. The Balaban J connectivity index is 2.50. The van der Waals surface area contributed by atoms with Crippen molar-refractivity contribution in [1.82, 2.24) is 10.0 Å². The van der Waals surface area contributed by atoms with Crippen LogP contribution in [-0.2, 0) is 14.8 Å². The molecule has 1 aromatic rings. The fourth-order valence-electron chi connectivity index (χ4n) is 1.58. The predicted molar refractivity (Wildman–Crippen MR) is 69.1 cm³/mol. The molecule has 1 amide bonds. The highest BCUT2D eigenvalue weighted by atomic mass is 35.5. The van der Waals surface area contributed by atoms with Crippen molar-refractivity contribution in [2.24, 2.45) is 0 Å². The molecule has 0 aromatic heterocycles. The van der Waals surface area contributed by atoms with Gasteiger partial charge in [-0.05, 0) is 17.7 Å². The molecule has 0 bridgehead atoms. The summed E-state index contributed by atoms with van der Waals surface area (Å²) in [4.78, 5) is 11.3. The molecule has 2 rings (SSSR count). The van der Waals surface area contributed by atoms with Crippen molar-refractivity contribution >= 4 is 33.2 Å². The van der Waals surface area contributed by atoms with Crippen LogP contribution in [0.5, 0.6) is 0 Å². The lowest BCUT2D eigenvalue weighted by atomic mass is 10.1. The maximum Gasteiger partial charge on any atom is 0.240 e. The number of hydrogen-bond acceptors (Lipinski definition) is 3. The molecule has 1 aromatic carbocycles. The lowest BCUT2D eigenvalue weighted by molar-refractivity contribution is -0.117. The van der Waals surface area contributed by atoms with Gasteiger partial charge in [-0.15, -0.1) is 0 Å². The zero-order valence-electron chi connectivity index (χ0n) is 9.53. The van der Waals surface area contributed by atoms with Gasteiger partial charge in [-0.2, -0.15) is 0 Å². The molecule has 1 aliphatic rings. The molecular weight excluding hydrogens is 276 g/mol. The summed E-state index contributed by atoms with van der Waals surface area (Å²) in [5.74, 6) is -0.324. The number of sulfonamides is 1. The summed E-state index contributed by atoms with van der Waals surface area (Å²) in [6, 6.07) is 6.60. The second-order valence-electron chi connectivity index (χ2n) is 3.81. The highest BCUT2D eigenvalue weighted by Gasteiger charge is 2.32. The monoisotopic (exact) mass is 286 g/mol. The van der Waals surface area contributed by atoms with E-state index in [1.165, 1.54) is 6.92 Å². The van der Waals surface area contributed by atoms with E-state index in [4.69, 9.17) is 11.6 Å². The molecule has 1 aliphatic heterocycles. The first-order chi connectivity index (χ1) is 8.40. The van der Waals surface area contributed by atoms with E-state index in [-0.39, 0.29) is 17.4 Å². The summed E-state index contributed by atoms with van der Waals surface area (Å²) >= 11 is 5.77. The first-order valence-corrected chi connectivity index (χ1v) is 7.02. The van der Waals surface area contributed by atoms with Crippen molar-refractivity contribution in [3.05, 3.63) is 39.8 Å². The van der Waals surface area contributed by atoms with Gasteiger partial charge in [0, 0.05) is 11.9 Å². The Bertz CT molecular complexity index is 620. The van der Waals surface area contributed by atoms with Crippen molar-refractivity contribution in [1.29, 1.82) is 0 Å². The highest BCUT2D eigenvalue weighted by Crippen LogP contribution is 2.25. The standard InChI is InChI=1S/C11H11ClN2O3S/c1-7(15)14-11(10-6-13-18(10,16)17)8-2-4-9(12)5-3-8/h2-5,13H,6H2,1H3,(H,14,15)/b11-10+. The molecule has 5 nitrogen and oxygen atoms in total. The number of amides is 1. The normalized spacial score (nSPS) is 19.9. The molecule has 0 saturated carbocycles. The zero-order valence-corrected chi connectivity index (χ0v) is 11.1. The smallest absolute Gasteiger partial charge is 0.240 e. The lowest BCUT2D eigenvalue weighted by Gasteiger charge is -2.23. The van der Waals surface area contributed by atoms with Gasteiger partial charge in [0.1, 0.15) is 0 Å². The van der Waals surface area contributed by atoms with Crippen molar-refractivity contribution in [2.75, 3.05) is 6.54 Å². The van der Waals surface area contributed by atoms with E-state index in [1.54, 1.807) is 24.3 Å². The second kappa shape index (κ2) is 4.72. The molecule has 96 valence electrons. The van der Waals surface area contributed by atoms with Crippen molar-refractivity contribution in [2.45, 2.75) is 6.92 Å². The van der Waals surface area contributed by atoms with Crippen LogP contribution in [0, 0.1) is 0 Å². The van der Waals surface area contributed by atoms with Gasteiger partial charge in [0.05, 0.1) is 17.1 Å². The van der Waals surface area contributed by atoms with Gasteiger partial charge in [0.25, 0.3) is 0 Å². The SMILES string of the molecule is CC(=O)N/C(=C1\CNS1(=O)=O)c1ccc(Cl)cc1. The van der Waals surface area contributed by atoms with Crippen LogP contribution < -0.4 is 10.0 Å². The Morgan fingerprint density at radius 2 is 1.94 bits per heavy atom. The van der Waals surface area contributed by atoms with E-state index in [0.29, 0.717) is 16.3 Å². The topological polar surface area (TPSA) is 75.3 Å². The number of carbonyl (C=O) groups is 1. The third kappa shape index (κ3) is 2.55. The molecule has 1 heterocycles. The van der Waals surface area contributed by atoms with Crippen molar-refractivity contribution < 1.29 is 13.2 Å². The minimum Gasteiger partial charge on any atom is -0.325 e. The molecule has 0 radical (unpaired) electrons. The van der Waals surface area contributed by atoms with E-state index in [0.717, 1.165) is 0 Å². The average Bonchev–Trinajstić information content (AvgIpc) is 2.27. The maximum absolute atomic E-state index is 11.5. The number of carbonyl (C=O) groups excluding carboxylic acids is 1.